The van der Waals surface area contributed by atoms with Crippen LogP contribution in [0.25, 0.3) is 0 Å². The van der Waals surface area contributed by atoms with E-state index in [1.54, 1.807) is 6.33 Å². The second-order valence-corrected chi connectivity index (χ2v) is 3.35. The van der Waals surface area contributed by atoms with Crippen LogP contribution in [0.15, 0.2) is 6.33 Å². The van der Waals surface area contributed by atoms with Crippen molar-refractivity contribution in [2.24, 2.45) is 0 Å². The van der Waals surface area contributed by atoms with E-state index >= 15 is 0 Å². The molecule has 5 heteroatoms. The van der Waals surface area contributed by atoms with E-state index in [9.17, 15) is 0 Å². The number of hydrogen-bond donors (Lipinski definition) is 3. The predicted molar refractivity (Wildman–Crippen MR) is 56.5 cm³/mol. The Morgan fingerprint density at radius 2 is 2.14 bits per heavy atom. The average Bonchev–Trinajstić information content (AvgIpc) is 2.27. The van der Waals surface area contributed by atoms with E-state index in [-0.39, 0.29) is 6.04 Å². The molecule has 2 rings (SSSR count). The fraction of sp³-hybridized carbons (Fsp3) is 0.556. The normalized spacial score (nSPS) is 16.4. The summed E-state index contributed by atoms with van der Waals surface area (Å²) in [6.07, 6.45) is 1.60. The fourth-order valence-corrected chi connectivity index (χ4v) is 1.54. The molecule has 14 heavy (non-hydrogen) atoms. The van der Waals surface area contributed by atoms with E-state index < -0.39 is 0 Å². The summed E-state index contributed by atoms with van der Waals surface area (Å²) >= 11 is 0. The van der Waals surface area contributed by atoms with Crippen molar-refractivity contribution >= 4 is 11.5 Å². The molecule has 0 saturated heterocycles. The van der Waals surface area contributed by atoms with Crippen molar-refractivity contribution in [3.05, 3.63) is 12.0 Å². The third-order valence-corrected chi connectivity index (χ3v) is 2.44. The Labute approximate surface area is 83.3 Å². The van der Waals surface area contributed by atoms with E-state index in [0.29, 0.717) is 0 Å². The van der Waals surface area contributed by atoms with Gasteiger partial charge in [-0.1, -0.05) is 0 Å². The average molecular weight is 193 g/mol. The summed E-state index contributed by atoms with van der Waals surface area (Å²) in [6.45, 7) is 3.92. The van der Waals surface area contributed by atoms with Crippen molar-refractivity contribution in [3.8, 4) is 0 Å². The minimum atomic E-state index is 0.235. The summed E-state index contributed by atoms with van der Waals surface area (Å²) in [6, 6.07) is 0.235. The van der Waals surface area contributed by atoms with Crippen LogP contribution in [0.5, 0.6) is 0 Å². The van der Waals surface area contributed by atoms with Crippen molar-refractivity contribution in [1.29, 1.82) is 0 Å². The van der Waals surface area contributed by atoms with E-state index in [1.165, 1.54) is 0 Å². The van der Waals surface area contributed by atoms with Gasteiger partial charge in [0, 0.05) is 19.1 Å². The highest BCUT2D eigenvalue weighted by molar-refractivity contribution is 5.69. The largest absolute Gasteiger partial charge is 0.379 e. The Hall–Kier alpha value is -1.36. The van der Waals surface area contributed by atoms with E-state index in [2.05, 4.69) is 32.8 Å². The lowest BCUT2D eigenvalue weighted by Crippen LogP contribution is -2.25. The van der Waals surface area contributed by atoms with Crippen LogP contribution in [0.2, 0.25) is 0 Å². The van der Waals surface area contributed by atoms with Gasteiger partial charge in [-0.25, -0.2) is 9.97 Å². The highest BCUT2D eigenvalue weighted by Gasteiger charge is 2.17. The predicted octanol–water partition coefficient (Wildman–Crippen LogP) is 0.594. The molecule has 0 aromatic carbocycles. The molecule has 1 unspecified atom stereocenters. The number of nitrogens with zero attached hydrogens (tertiary/aromatic N) is 2. The smallest absolute Gasteiger partial charge is 0.153 e. The monoisotopic (exact) mass is 193 g/mol. The summed E-state index contributed by atoms with van der Waals surface area (Å²) in [5, 5.41) is 9.73. The Balaban J connectivity index is 2.39. The Kier molecular flexibility index (Phi) is 2.49. The first-order valence-electron chi connectivity index (χ1n) is 4.83. The SMILES string of the molecule is CNC(C)c1ncnc2c1NCCN2. The maximum atomic E-state index is 4.29. The topological polar surface area (TPSA) is 61.9 Å². The highest BCUT2D eigenvalue weighted by Crippen LogP contribution is 2.27. The van der Waals surface area contributed by atoms with Gasteiger partial charge in [0.1, 0.15) is 12.0 Å². The van der Waals surface area contributed by atoms with Gasteiger partial charge in [0.05, 0.1) is 5.69 Å². The molecule has 0 aliphatic carbocycles. The molecule has 76 valence electrons. The third-order valence-electron chi connectivity index (χ3n) is 2.44. The molecular weight excluding hydrogens is 178 g/mol. The van der Waals surface area contributed by atoms with E-state index in [1.807, 2.05) is 7.05 Å². The molecule has 0 saturated carbocycles. The molecule has 1 aliphatic heterocycles. The number of anilines is 2. The zero-order chi connectivity index (χ0) is 9.97. The zero-order valence-electron chi connectivity index (χ0n) is 8.46. The van der Waals surface area contributed by atoms with Crippen molar-refractivity contribution in [3.63, 3.8) is 0 Å². The number of nitrogens with one attached hydrogen (secondary N) is 3. The van der Waals surface area contributed by atoms with Crippen LogP contribution in [0.4, 0.5) is 11.5 Å². The molecule has 0 fully saturated rings. The van der Waals surface area contributed by atoms with Crippen LogP contribution in [0, 0.1) is 0 Å². The van der Waals surface area contributed by atoms with Gasteiger partial charge in [-0.2, -0.15) is 0 Å². The molecular formula is C9H15N5. The number of aromatic nitrogens is 2. The first kappa shape index (κ1) is 9.21. The van der Waals surface area contributed by atoms with Gasteiger partial charge < -0.3 is 16.0 Å². The van der Waals surface area contributed by atoms with Gasteiger partial charge >= 0.3 is 0 Å². The highest BCUT2D eigenvalue weighted by atomic mass is 15.1. The molecule has 0 amide bonds. The molecule has 1 atom stereocenters. The van der Waals surface area contributed by atoms with Crippen molar-refractivity contribution < 1.29 is 0 Å². The summed E-state index contributed by atoms with van der Waals surface area (Å²) in [7, 11) is 1.93. The Morgan fingerprint density at radius 1 is 1.36 bits per heavy atom. The standard InChI is InChI=1S/C9H15N5/c1-6(10-2)7-8-9(14-5-13-7)12-4-3-11-8/h5-6,10-11H,3-4H2,1-2H3,(H,12,13,14). The van der Waals surface area contributed by atoms with Crippen LogP contribution >= 0.6 is 0 Å². The summed E-state index contributed by atoms with van der Waals surface area (Å²) in [5.74, 6) is 0.906. The lowest BCUT2D eigenvalue weighted by molar-refractivity contribution is 0.631. The van der Waals surface area contributed by atoms with Gasteiger partial charge in [0.15, 0.2) is 5.82 Å². The molecule has 2 heterocycles. The van der Waals surface area contributed by atoms with Gasteiger partial charge in [-0.3, -0.25) is 0 Å². The summed E-state index contributed by atoms with van der Waals surface area (Å²) in [5.41, 5.74) is 2.05. The van der Waals surface area contributed by atoms with Gasteiger partial charge in [-0.05, 0) is 14.0 Å². The molecule has 1 aliphatic rings. The minimum absolute atomic E-state index is 0.235. The van der Waals surface area contributed by atoms with Gasteiger partial charge in [-0.15, -0.1) is 0 Å². The first-order valence-corrected chi connectivity index (χ1v) is 4.83. The Bertz CT molecular complexity index is 325. The Morgan fingerprint density at radius 3 is 2.93 bits per heavy atom. The van der Waals surface area contributed by atoms with Crippen LogP contribution in [0.3, 0.4) is 0 Å². The number of fused-ring (bicyclic) bond motifs is 1. The quantitative estimate of drug-likeness (QED) is 0.642. The maximum Gasteiger partial charge on any atom is 0.153 e. The maximum absolute atomic E-state index is 4.29. The van der Waals surface area contributed by atoms with E-state index in [4.69, 9.17) is 0 Å². The van der Waals surface area contributed by atoms with E-state index in [0.717, 1.165) is 30.3 Å². The molecule has 3 N–H and O–H groups in total. The van der Waals surface area contributed by atoms with Crippen LogP contribution in [0.1, 0.15) is 18.7 Å². The summed E-state index contributed by atoms with van der Waals surface area (Å²) < 4.78 is 0. The second-order valence-electron chi connectivity index (χ2n) is 3.35. The second kappa shape index (κ2) is 3.79. The number of hydrogen-bond acceptors (Lipinski definition) is 5. The molecule has 5 nitrogen and oxygen atoms in total. The molecule has 0 spiro atoms. The van der Waals surface area contributed by atoms with Crippen LogP contribution < -0.4 is 16.0 Å². The molecule has 1 aromatic rings. The van der Waals surface area contributed by atoms with Crippen molar-refractivity contribution in [2.75, 3.05) is 30.8 Å². The van der Waals surface area contributed by atoms with Gasteiger partial charge in [0.25, 0.3) is 0 Å². The summed E-state index contributed by atoms with van der Waals surface area (Å²) in [4.78, 5) is 8.47. The molecule has 0 radical (unpaired) electrons. The lowest BCUT2D eigenvalue weighted by Gasteiger charge is -2.22. The number of rotatable bonds is 2. The van der Waals surface area contributed by atoms with Crippen molar-refractivity contribution in [2.45, 2.75) is 13.0 Å². The van der Waals surface area contributed by atoms with Crippen LogP contribution in [-0.2, 0) is 0 Å². The lowest BCUT2D eigenvalue weighted by atomic mass is 10.1. The van der Waals surface area contributed by atoms with Gasteiger partial charge in [0.2, 0.25) is 0 Å². The fourth-order valence-electron chi connectivity index (χ4n) is 1.54. The minimum Gasteiger partial charge on any atom is -0.379 e. The zero-order valence-corrected chi connectivity index (χ0v) is 8.46. The van der Waals surface area contributed by atoms with Crippen molar-refractivity contribution in [1.82, 2.24) is 15.3 Å². The first-order chi connectivity index (χ1) is 6.83. The molecule has 1 aromatic heterocycles. The molecule has 0 bridgehead atoms. The third kappa shape index (κ3) is 1.50. The van der Waals surface area contributed by atoms with Crippen LogP contribution in [-0.4, -0.2) is 30.1 Å².